The molecule has 1 amide bonds. The summed E-state index contributed by atoms with van der Waals surface area (Å²) in [4.78, 5) is 22.4. The van der Waals surface area contributed by atoms with Crippen molar-refractivity contribution in [2.45, 2.75) is 44.6 Å². The van der Waals surface area contributed by atoms with E-state index in [4.69, 9.17) is 10.8 Å². The summed E-state index contributed by atoms with van der Waals surface area (Å²) in [5.41, 5.74) is 8.28. The number of benzene rings is 1. The van der Waals surface area contributed by atoms with Crippen LogP contribution < -0.4 is 11.1 Å². The number of rotatable bonds is 5. The molecule has 0 aromatic heterocycles. The van der Waals surface area contributed by atoms with E-state index in [0.717, 1.165) is 16.8 Å². The quantitative estimate of drug-likeness (QED) is 0.768. The molecule has 1 aromatic carbocycles. The molecule has 0 saturated carbocycles. The summed E-state index contributed by atoms with van der Waals surface area (Å²) in [6.07, 6.45) is 1.30. The van der Waals surface area contributed by atoms with Gasteiger partial charge in [-0.1, -0.05) is 12.1 Å². The topological polar surface area (TPSA) is 92.4 Å². The SMILES string of the molecule is CC1(C)C(=O)Nc2ccc(C(N)CCCC(=O)O)cc21. The highest BCUT2D eigenvalue weighted by atomic mass is 16.4. The monoisotopic (exact) mass is 276 g/mol. The Hall–Kier alpha value is -1.88. The second-order valence-corrected chi connectivity index (χ2v) is 5.78. The molecule has 1 aliphatic rings. The second-order valence-electron chi connectivity index (χ2n) is 5.78. The molecule has 1 aromatic rings. The summed E-state index contributed by atoms with van der Waals surface area (Å²) in [7, 11) is 0. The average Bonchev–Trinajstić information content (AvgIpc) is 2.59. The van der Waals surface area contributed by atoms with Crippen LogP contribution in [0.25, 0.3) is 0 Å². The Labute approximate surface area is 118 Å². The Morgan fingerprint density at radius 2 is 2.15 bits per heavy atom. The first-order valence-corrected chi connectivity index (χ1v) is 6.75. The Balaban J connectivity index is 2.14. The number of nitrogens with one attached hydrogen (secondary N) is 1. The number of fused-ring (bicyclic) bond motifs is 1. The zero-order chi connectivity index (χ0) is 14.9. The minimum atomic E-state index is -0.804. The third-order valence-electron chi connectivity index (χ3n) is 3.87. The number of anilines is 1. The van der Waals surface area contributed by atoms with Gasteiger partial charge in [-0.2, -0.15) is 0 Å². The Morgan fingerprint density at radius 1 is 1.45 bits per heavy atom. The fraction of sp³-hybridized carbons (Fsp3) is 0.467. The Kier molecular flexibility index (Phi) is 3.81. The normalized spacial score (nSPS) is 17.4. The number of carboxylic acid groups (broad SMARTS) is 1. The van der Waals surface area contributed by atoms with E-state index in [9.17, 15) is 9.59 Å². The van der Waals surface area contributed by atoms with E-state index >= 15 is 0 Å². The van der Waals surface area contributed by atoms with Crippen molar-refractivity contribution in [3.05, 3.63) is 29.3 Å². The first-order valence-electron chi connectivity index (χ1n) is 6.75. The van der Waals surface area contributed by atoms with Crippen LogP contribution in [0.15, 0.2) is 18.2 Å². The summed E-state index contributed by atoms with van der Waals surface area (Å²) >= 11 is 0. The van der Waals surface area contributed by atoms with Gasteiger partial charge in [0.1, 0.15) is 0 Å². The summed E-state index contributed by atoms with van der Waals surface area (Å²) < 4.78 is 0. The van der Waals surface area contributed by atoms with E-state index in [1.54, 1.807) is 0 Å². The van der Waals surface area contributed by atoms with Gasteiger partial charge in [0.15, 0.2) is 0 Å². The van der Waals surface area contributed by atoms with Gasteiger partial charge >= 0.3 is 5.97 Å². The van der Waals surface area contributed by atoms with E-state index in [1.165, 1.54) is 0 Å². The third kappa shape index (κ3) is 2.67. The molecular weight excluding hydrogens is 256 g/mol. The van der Waals surface area contributed by atoms with Crippen molar-refractivity contribution < 1.29 is 14.7 Å². The van der Waals surface area contributed by atoms with Crippen molar-refractivity contribution in [1.82, 2.24) is 0 Å². The van der Waals surface area contributed by atoms with Gasteiger partial charge in [-0.3, -0.25) is 9.59 Å². The van der Waals surface area contributed by atoms with Crippen LogP contribution in [-0.2, 0) is 15.0 Å². The standard InChI is InChI=1S/C15H20N2O3/c1-15(2)10-8-9(6-7-12(10)17-14(15)20)11(16)4-3-5-13(18)19/h6-8,11H,3-5,16H2,1-2H3,(H,17,20)(H,18,19). The maximum atomic E-state index is 11.9. The number of carboxylic acids is 1. The molecule has 20 heavy (non-hydrogen) atoms. The lowest BCUT2D eigenvalue weighted by atomic mass is 9.84. The van der Waals surface area contributed by atoms with Crippen LogP contribution in [0.4, 0.5) is 5.69 Å². The van der Waals surface area contributed by atoms with E-state index in [0.29, 0.717) is 12.8 Å². The Bertz CT molecular complexity index is 552. The largest absolute Gasteiger partial charge is 0.481 e. The summed E-state index contributed by atoms with van der Waals surface area (Å²) in [6, 6.07) is 5.52. The lowest BCUT2D eigenvalue weighted by Gasteiger charge is -2.18. The highest BCUT2D eigenvalue weighted by Crippen LogP contribution is 2.38. The van der Waals surface area contributed by atoms with E-state index < -0.39 is 11.4 Å². The molecule has 2 rings (SSSR count). The van der Waals surface area contributed by atoms with Gasteiger partial charge in [-0.15, -0.1) is 0 Å². The van der Waals surface area contributed by atoms with Crippen LogP contribution in [0.3, 0.4) is 0 Å². The van der Waals surface area contributed by atoms with Gasteiger partial charge in [-0.05, 0) is 43.9 Å². The number of amides is 1. The molecule has 0 radical (unpaired) electrons. The van der Waals surface area contributed by atoms with Crippen molar-refractivity contribution in [1.29, 1.82) is 0 Å². The van der Waals surface area contributed by atoms with Crippen LogP contribution in [0, 0.1) is 0 Å². The predicted molar refractivity (Wildman–Crippen MR) is 76.5 cm³/mol. The number of carbonyl (C=O) groups excluding carboxylic acids is 1. The molecule has 1 aliphatic heterocycles. The minimum absolute atomic E-state index is 0.0101. The molecule has 1 heterocycles. The lowest BCUT2D eigenvalue weighted by Crippen LogP contribution is -2.27. The first kappa shape index (κ1) is 14.5. The van der Waals surface area contributed by atoms with Gasteiger partial charge < -0.3 is 16.2 Å². The number of carbonyl (C=O) groups is 2. The molecule has 1 atom stereocenters. The molecule has 0 fully saturated rings. The number of hydrogen-bond donors (Lipinski definition) is 3. The maximum Gasteiger partial charge on any atom is 0.303 e. The van der Waals surface area contributed by atoms with Crippen molar-refractivity contribution in [3.8, 4) is 0 Å². The van der Waals surface area contributed by atoms with E-state index in [1.807, 2.05) is 32.0 Å². The van der Waals surface area contributed by atoms with E-state index in [2.05, 4.69) is 5.32 Å². The number of aliphatic carboxylic acids is 1. The fourth-order valence-corrected chi connectivity index (χ4v) is 2.46. The fourth-order valence-electron chi connectivity index (χ4n) is 2.46. The first-order chi connectivity index (χ1) is 9.32. The van der Waals surface area contributed by atoms with Crippen LogP contribution in [0.1, 0.15) is 50.3 Å². The maximum absolute atomic E-state index is 11.9. The van der Waals surface area contributed by atoms with Crippen molar-refractivity contribution >= 4 is 17.6 Å². The molecule has 108 valence electrons. The van der Waals surface area contributed by atoms with Crippen LogP contribution in [0.5, 0.6) is 0 Å². The highest BCUT2D eigenvalue weighted by molar-refractivity contribution is 6.05. The summed E-state index contributed by atoms with van der Waals surface area (Å²) in [6.45, 7) is 3.77. The van der Waals surface area contributed by atoms with Crippen LogP contribution >= 0.6 is 0 Å². The van der Waals surface area contributed by atoms with Crippen molar-refractivity contribution in [3.63, 3.8) is 0 Å². The third-order valence-corrected chi connectivity index (χ3v) is 3.87. The van der Waals surface area contributed by atoms with E-state index in [-0.39, 0.29) is 18.4 Å². The summed E-state index contributed by atoms with van der Waals surface area (Å²) in [5, 5.41) is 11.5. The molecule has 0 bridgehead atoms. The minimum Gasteiger partial charge on any atom is -0.481 e. The molecule has 5 nitrogen and oxygen atoms in total. The van der Waals surface area contributed by atoms with Crippen molar-refractivity contribution in [2.75, 3.05) is 5.32 Å². The number of hydrogen-bond acceptors (Lipinski definition) is 3. The van der Waals surface area contributed by atoms with Gasteiger partial charge in [0, 0.05) is 18.2 Å². The molecule has 0 aliphatic carbocycles. The summed E-state index contributed by atoms with van der Waals surface area (Å²) in [5.74, 6) is -0.814. The zero-order valence-electron chi connectivity index (χ0n) is 11.8. The van der Waals surface area contributed by atoms with Crippen LogP contribution in [-0.4, -0.2) is 17.0 Å². The number of nitrogens with two attached hydrogens (primary N) is 1. The molecule has 5 heteroatoms. The van der Waals surface area contributed by atoms with Gasteiger partial charge in [0.2, 0.25) is 5.91 Å². The van der Waals surface area contributed by atoms with Crippen LogP contribution in [0.2, 0.25) is 0 Å². The lowest BCUT2D eigenvalue weighted by molar-refractivity contribution is -0.137. The molecule has 0 spiro atoms. The Morgan fingerprint density at radius 3 is 2.80 bits per heavy atom. The zero-order valence-corrected chi connectivity index (χ0v) is 11.8. The molecule has 0 saturated heterocycles. The molecular formula is C15H20N2O3. The van der Waals surface area contributed by atoms with Gasteiger partial charge in [0.25, 0.3) is 0 Å². The highest BCUT2D eigenvalue weighted by Gasteiger charge is 2.38. The predicted octanol–water partition coefficient (Wildman–Crippen LogP) is 2.17. The van der Waals surface area contributed by atoms with Gasteiger partial charge in [0.05, 0.1) is 5.41 Å². The second kappa shape index (κ2) is 5.25. The molecule has 1 unspecified atom stereocenters. The smallest absolute Gasteiger partial charge is 0.303 e. The molecule has 4 N–H and O–H groups in total. The average molecular weight is 276 g/mol. The van der Waals surface area contributed by atoms with Crippen molar-refractivity contribution in [2.24, 2.45) is 5.73 Å². The van der Waals surface area contributed by atoms with Gasteiger partial charge in [-0.25, -0.2) is 0 Å².